The molecule has 0 spiro atoms. The topological polar surface area (TPSA) is 64.0 Å². The predicted octanol–water partition coefficient (Wildman–Crippen LogP) is 5.15. The third kappa shape index (κ3) is 4.85. The highest BCUT2D eigenvalue weighted by Gasteiger charge is 2.35. The van der Waals surface area contributed by atoms with E-state index in [1.54, 1.807) is 10.9 Å². The summed E-state index contributed by atoms with van der Waals surface area (Å²) in [6.07, 6.45) is 4.51. The standard InChI is InChI=1S/C23H29N3O2S2/c1-17-12-19(14-23(2,3)13-17)25-30(27,28)21-16-26(15-18-8-5-4-6-9-18)24-22(21)20-10-7-11-29-20/h4-11,16-17,19,25H,12-15H2,1-3H3. The second-order valence-electron chi connectivity index (χ2n) is 9.23. The average molecular weight is 444 g/mol. The fourth-order valence-electron chi connectivity index (χ4n) is 4.75. The lowest BCUT2D eigenvalue weighted by Gasteiger charge is -2.39. The molecule has 1 aliphatic carbocycles. The molecule has 160 valence electrons. The number of aromatic nitrogens is 2. The maximum Gasteiger partial charge on any atom is 0.244 e. The van der Waals surface area contributed by atoms with Gasteiger partial charge in [0, 0.05) is 12.2 Å². The van der Waals surface area contributed by atoms with Crippen LogP contribution in [0, 0.1) is 11.3 Å². The summed E-state index contributed by atoms with van der Waals surface area (Å²) >= 11 is 1.50. The fraction of sp³-hybridized carbons (Fsp3) is 0.435. The molecule has 1 aliphatic rings. The van der Waals surface area contributed by atoms with E-state index >= 15 is 0 Å². The fourth-order valence-corrected chi connectivity index (χ4v) is 6.95. The van der Waals surface area contributed by atoms with Crippen molar-refractivity contribution >= 4 is 21.4 Å². The molecule has 1 saturated carbocycles. The monoisotopic (exact) mass is 443 g/mol. The second kappa shape index (κ2) is 8.29. The van der Waals surface area contributed by atoms with Crippen molar-refractivity contribution in [2.75, 3.05) is 0 Å². The lowest BCUT2D eigenvalue weighted by Crippen LogP contribution is -2.42. The quantitative estimate of drug-likeness (QED) is 0.573. The van der Waals surface area contributed by atoms with Gasteiger partial charge in [0.15, 0.2) is 0 Å². The molecule has 5 nitrogen and oxygen atoms in total. The Bertz CT molecular complexity index is 1090. The predicted molar refractivity (Wildman–Crippen MR) is 122 cm³/mol. The lowest BCUT2D eigenvalue weighted by atomic mass is 9.71. The van der Waals surface area contributed by atoms with Crippen LogP contribution in [0.5, 0.6) is 0 Å². The first kappa shape index (κ1) is 21.3. The third-order valence-electron chi connectivity index (χ3n) is 5.67. The number of nitrogens with one attached hydrogen (secondary N) is 1. The van der Waals surface area contributed by atoms with Crippen molar-refractivity contribution in [1.29, 1.82) is 0 Å². The van der Waals surface area contributed by atoms with Crippen molar-refractivity contribution in [1.82, 2.24) is 14.5 Å². The molecule has 3 aromatic rings. The van der Waals surface area contributed by atoms with Crippen molar-refractivity contribution in [2.45, 2.75) is 57.5 Å². The summed E-state index contributed by atoms with van der Waals surface area (Å²) in [6.45, 7) is 7.18. The Morgan fingerprint density at radius 1 is 1.17 bits per heavy atom. The number of thiophene rings is 1. The van der Waals surface area contributed by atoms with E-state index in [4.69, 9.17) is 0 Å². The van der Waals surface area contributed by atoms with Crippen LogP contribution in [0.25, 0.3) is 10.6 Å². The summed E-state index contributed by atoms with van der Waals surface area (Å²) in [5.74, 6) is 0.499. The molecular weight excluding hydrogens is 414 g/mol. The van der Waals surface area contributed by atoms with E-state index in [-0.39, 0.29) is 16.4 Å². The van der Waals surface area contributed by atoms with Crippen LogP contribution in [-0.2, 0) is 16.6 Å². The summed E-state index contributed by atoms with van der Waals surface area (Å²) < 4.78 is 31.6. The average Bonchev–Trinajstić information content (AvgIpc) is 3.30. The molecule has 0 radical (unpaired) electrons. The first-order valence-corrected chi connectivity index (χ1v) is 12.8. The number of hydrogen-bond acceptors (Lipinski definition) is 4. The van der Waals surface area contributed by atoms with Gasteiger partial charge in [-0.3, -0.25) is 4.68 Å². The maximum absolute atomic E-state index is 13.4. The molecular formula is C23H29N3O2S2. The maximum atomic E-state index is 13.4. The Hall–Kier alpha value is -1.96. The molecule has 4 rings (SSSR count). The normalized spacial score (nSPS) is 21.6. The van der Waals surface area contributed by atoms with Crippen LogP contribution in [0.2, 0.25) is 0 Å². The number of rotatable bonds is 6. The smallest absolute Gasteiger partial charge is 0.244 e. The van der Waals surface area contributed by atoms with E-state index in [0.717, 1.165) is 29.7 Å². The highest BCUT2D eigenvalue weighted by molar-refractivity contribution is 7.89. The summed E-state index contributed by atoms with van der Waals surface area (Å²) in [5.41, 5.74) is 1.74. The Morgan fingerprint density at radius 2 is 1.93 bits per heavy atom. The molecule has 1 aromatic carbocycles. The van der Waals surface area contributed by atoms with Crippen LogP contribution in [0.4, 0.5) is 0 Å². The molecule has 0 amide bonds. The van der Waals surface area contributed by atoms with E-state index in [2.05, 4.69) is 30.6 Å². The molecule has 2 heterocycles. The van der Waals surface area contributed by atoms with Crippen LogP contribution in [-0.4, -0.2) is 24.2 Å². The molecule has 0 saturated heterocycles. The lowest BCUT2D eigenvalue weighted by molar-refractivity contribution is 0.163. The Balaban J connectivity index is 1.66. The molecule has 2 aromatic heterocycles. The summed E-state index contributed by atoms with van der Waals surface area (Å²) in [4.78, 5) is 1.12. The Morgan fingerprint density at radius 3 is 2.60 bits per heavy atom. The van der Waals surface area contributed by atoms with E-state index < -0.39 is 10.0 Å². The molecule has 30 heavy (non-hydrogen) atoms. The SMILES string of the molecule is CC1CC(NS(=O)(=O)c2cn(Cc3ccccc3)nc2-c2cccs2)CC(C)(C)C1. The third-order valence-corrected chi connectivity index (χ3v) is 8.07. The van der Waals surface area contributed by atoms with Crippen molar-refractivity contribution in [3.8, 4) is 10.6 Å². The first-order chi connectivity index (χ1) is 14.2. The van der Waals surface area contributed by atoms with Crippen molar-refractivity contribution in [3.05, 3.63) is 59.6 Å². The van der Waals surface area contributed by atoms with E-state index in [0.29, 0.717) is 18.2 Å². The molecule has 7 heteroatoms. The summed E-state index contributed by atoms with van der Waals surface area (Å²) in [6, 6.07) is 13.7. The minimum absolute atomic E-state index is 0.0533. The second-order valence-corrected chi connectivity index (χ2v) is 11.9. The van der Waals surface area contributed by atoms with Gasteiger partial charge in [-0.15, -0.1) is 11.3 Å². The molecule has 1 N–H and O–H groups in total. The molecule has 2 atom stereocenters. The van der Waals surface area contributed by atoms with Gasteiger partial charge in [-0.2, -0.15) is 5.10 Å². The van der Waals surface area contributed by atoms with Gasteiger partial charge >= 0.3 is 0 Å². The Labute approximate surface area is 183 Å². The van der Waals surface area contributed by atoms with Gasteiger partial charge in [0.1, 0.15) is 10.6 Å². The largest absolute Gasteiger partial charge is 0.266 e. The van der Waals surface area contributed by atoms with E-state index in [9.17, 15) is 8.42 Å². The number of benzene rings is 1. The van der Waals surface area contributed by atoms with Crippen LogP contribution in [0.15, 0.2) is 58.9 Å². The zero-order chi connectivity index (χ0) is 21.4. The molecule has 2 unspecified atom stereocenters. The minimum atomic E-state index is -3.69. The van der Waals surface area contributed by atoms with Crippen LogP contribution in [0.1, 0.15) is 45.6 Å². The molecule has 1 fully saturated rings. The van der Waals surface area contributed by atoms with E-state index in [1.807, 2.05) is 47.8 Å². The molecule has 0 bridgehead atoms. The van der Waals surface area contributed by atoms with Crippen molar-refractivity contribution in [2.24, 2.45) is 11.3 Å². The van der Waals surface area contributed by atoms with Gasteiger partial charge in [-0.05, 0) is 47.6 Å². The van der Waals surface area contributed by atoms with Crippen LogP contribution >= 0.6 is 11.3 Å². The van der Waals surface area contributed by atoms with Gasteiger partial charge in [0.25, 0.3) is 0 Å². The number of hydrogen-bond donors (Lipinski definition) is 1. The van der Waals surface area contributed by atoms with Crippen molar-refractivity contribution in [3.63, 3.8) is 0 Å². The van der Waals surface area contributed by atoms with Gasteiger partial charge in [-0.25, -0.2) is 13.1 Å². The number of sulfonamides is 1. The molecule has 0 aliphatic heterocycles. The van der Waals surface area contributed by atoms with E-state index in [1.165, 1.54) is 11.3 Å². The van der Waals surface area contributed by atoms with Gasteiger partial charge in [0.2, 0.25) is 10.0 Å². The Kier molecular flexibility index (Phi) is 5.88. The van der Waals surface area contributed by atoms with Gasteiger partial charge < -0.3 is 0 Å². The first-order valence-electron chi connectivity index (χ1n) is 10.4. The highest BCUT2D eigenvalue weighted by atomic mass is 32.2. The van der Waals surface area contributed by atoms with Gasteiger partial charge in [-0.1, -0.05) is 57.2 Å². The summed E-state index contributed by atoms with van der Waals surface area (Å²) in [7, 11) is -3.69. The minimum Gasteiger partial charge on any atom is -0.266 e. The van der Waals surface area contributed by atoms with Crippen LogP contribution < -0.4 is 4.72 Å². The van der Waals surface area contributed by atoms with Crippen molar-refractivity contribution < 1.29 is 8.42 Å². The van der Waals surface area contributed by atoms with Crippen LogP contribution in [0.3, 0.4) is 0 Å². The highest BCUT2D eigenvalue weighted by Crippen LogP contribution is 2.39. The van der Waals surface area contributed by atoms with Gasteiger partial charge in [0.05, 0.1) is 11.4 Å². The zero-order valence-corrected chi connectivity index (χ0v) is 19.3. The summed E-state index contributed by atoms with van der Waals surface area (Å²) in [5, 5.41) is 6.60. The zero-order valence-electron chi connectivity index (χ0n) is 17.7. The number of nitrogens with zero attached hydrogens (tertiary/aromatic N) is 2.